The van der Waals surface area contributed by atoms with Crippen LogP contribution < -0.4 is 0 Å². The Morgan fingerprint density at radius 2 is 2.40 bits per heavy atom. The molecular formula is C10H8BrNO2S. The van der Waals surface area contributed by atoms with Crippen molar-refractivity contribution < 1.29 is 9.21 Å². The first-order chi connectivity index (χ1) is 7.15. The summed E-state index contributed by atoms with van der Waals surface area (Å²) in [6, 6.07) is 5.64. The number of thioether (sulfide) groups is 1. The second-order valence-electron chi connectivity index (χ2n) is 3.00. The molecule has 1 aromatic carbocycles. The van der Waals surface area contributed by atoms with E-state index >= 15 is 0 Å². The third-order valence-electron chi connectivity index (χ3n) is 1.79. The molecule has 1 aromatic heterocycles. The molecule has 5 heteroatoms. The number of nitrogens with zero attached hydrogens (tertiary/aromatic N) is 1. The molecule has 0 atom stereocenters. The number of carbonyl (C=O) groups excluding carboxylic acids is 1. The molecule has 0 saturated heterocycles. The van der Waals surface area contributed by atoms with Gasteiger partial charge in [-0.25, -0.2) is 4.98 Å². The smallest absolute Gasteiger partial charge is 0.205 e. The summed E-state index contributed by atoms with van der Waals surface area (Å²) in [5, 5.41) is 0.0680. The van der Waals surface area contributed by atoms with Crippen LogP contribution >= 0.6 is 27.7 Å². The highest BCUT2D eigenvalue weighted by atomic mass is 79.9. The first-order valence-corrected chi connectivity index (χ1v) is 6.11. The molecule has 0 fully saturated rings. The molecule has 3 nitrogen and oxygen atoms in total. The van der Waals surface area contributed by atoms with Gasteiger partial charge in [0.25, 0.3) is 0 Å². The van der Waals surface area contributed by atoms with Crippen LogP contribution in [-0.2, 0) is 10.5 Å². The molecule has 78 valence electrons. The number of hydrogen-bond acceptors (Lipinski definition) is 4. The van der Waals surface area contributed by atoms with Crippen molar-refractivity contribution in [1.82, 2.24) is 4.98 Å². The maximum Gasteiger partial charge on any atom is 0.205 e. The summed E-state index contributed by atoms with van der Waals surface area (Å²) in [6.07, 6.45) is 0. The summed E-state index contributed by atoms with van der Waals surface area (Å²) >= 11 is 4.56. The Morgan fingerprint density at radius 1 is 1.60 bits per heavy atom. The van der Waals surface area contributed by atoms with Gasteiger partial charge in [-0.05, 0) is 18.2 Å². The number of oxazole rings is 1. The van der Waals surface area contributed by atoms with Crippen LogP contribution in [0.25, 0.3) is 11.1 Å². The molecule has 0 bridgehead atoms. The molecule has 0 amide bonds. The van der Waals surface area contributed by atoms with Gasteiger partial charge in [-0.1, -0.05) is 27.7 Å². The number of aromatic nitrogens is 1. The van der Waals surface area contributed by atoms with Gasteiger partial charge in [0, 0.05) is 11.4 Å². The van der Waals surface area contributed by atoms with Gasteiger partial charge in [0.2, 0.25) is 5.89 Å². The van der Waals surface area contributed by atoms with Crippen molar-refractivity contribution >= 4 is 43.9 Å². The summed E-state index contributed by atoms with van der Waals surface area (Å²) in [5.41, 5.74) is 1.56. The van der Waals surface area contributed by atoms with Gasteiger partial charge in [-0.3, -0.25) is 4.79 Å². The van der Waals surface area contributed by atoms with Crippen molar-refractivity contribution in [3.63, 3.8) is 0 Å². The molecule has 0 aliphatic rings. The largest absolute Gasteiger partial charge is 0.440 e. The normalized spacial score (nSPS) is 10.8. The predicted octanol–water partition coefficient (Wildman–Crippen LogP) is 3.37. The Bertz CT molecular complexity index is 509. The molecule has 0 N–H and O–H groups in total. The van der Waals surface area contributed by atoms with E-state index in [1.165, 1.54) is 18.7 Å². The van der Waals surface area contributed by atoms with Crippen LogP contribution in [0.3, 0.4) is 0 Å². The fraction of sp³-hybridized carbons (Fsp3) is 0.200. The second-order valence-corrected chi connectivity index (χ2v) is 5.07. The molecule has 0 spiro atoms. The van der Waals surface area contributed by atoms with Crippen LogP contribution in [-0.4, -0.2) is 10.1 Å². The van der Waals surface area contributed by atoms with Gasteiger partial charge in [-0.2, -0.15) is 0 Å². The summed E-state index contributed by atoms with van der Waals surface area (Å²) in [7, 11) is 0. The van der Waals surface area contributed by atoms with E-state index in [1.807, 2.05) is 18.2 Å². The minimum absolute atomic E-state index is 0.0680. The topological polar surface area (TPSA) is 43.1 Å². The van der Waals surface area contributed by atoms with Crippen molar-refractivity contribution in [2.45, 2.75) is 12.7 Å². The van der Waals surface area contributed by atoms with E-state index in [0.717, 1.165) is 15.6 Å². The zero-order valence-corrected chi connectivity index (χ0v) is 10.4. The molecule has 1 heterocycles. The van der Waals surface area contributed by atoms with Crippen LogP contribution in [0.4, 0.5) is 0 Å². The average molecular weight is 286 g/mol. The van der Waals surface area contributed by atoms with E-state index in [4.69, 9.17) is 4.42 Å². The van der Waals surface area contributed by atoms with Crippen LogP contribution in [0.5, 0.6) is 0 Å². The Labute approximate surface area is 99.4 Å². The number of fused-ring (bicyclic) bond motifs is 1. The highest BCUT2D eigenvalue weighted by molar-refractivity contribution is 9.10. The molecule has 2 aromatic rings. The molecule has 0 saturated carbocycles. The second kappa shape index (κ2) is 4.37. The number of rotatable bonds is 2. The molecule has 2 rings (SSSR count). The molecule has 0 unspecified atom stereocenters. The van der Waals surface area contributed by atoms with Crippen molar-refractivity contribution in [2.75, 3.05) is 0 Å². The van der Waals surface area contributed by atoms with E-state index < -0.39 is 0 Å². The van der Waals surface area contributed by atoms with E-state index in [2.05, 4.69) is 20.9 Å². The summed E-state index contributed by atoms with van der Waals surface area (Å²) in [6.45, 7) is 1.53. The highest BCUT2D eigenvalue weighted by Gasteiger charge is 2.06. The highest BCUT2D eigenvalue weighted by Crippen LogP contribution is 2.22. The molecule has 0 aliphatic heterocycles. The zero-order chi connectivity index (χ0) is 10.8. The molecular weight excluding hydrogens is 278 g/mol. The molecule has 15 heavy (non-hydrogen) atoms. The SMILES string of the molecule is CC(=O)SCc1nc2cc(Br)ccc2o1. The van der Waals surface area contributed by atoms with Gasteiger partial charge < -0.3 is 4.42 Å². The van der Waals surface area contributed by atoms with E-state index in [-0.39, 0.29) is 5.12 Å². The number of halogens is 1. The van der Waals surface area contributed by atoms with Crippen molar-refractivity contribution in [2.24, 2.45) is 0 Å². The fourth-order valence-corrected chi connectivity index (χ4v) is 1.97. The standard InChI is InChI=1S/C10H8BrNO2S/c1-6(13)15-5-10-12-8-4-7(11)2-3-9(8)14-10/h2-4H,5H2,1H3. The zero-order valence-electron chi connectivity index (χ0n) is 7.99. The van der Waals surface area contributed by atoms with Gasteiger partial charge >= 0.3 is 0 Å². The van der Waals surface area contributed by atoms with Crippen LogP contribution in [0.1, 0.15) is 12.8 Å². The fourth-order valence-electron chi connectivity index (χ4n) is 1.17. The van der Waals surface area contributed by atoms with Crippen molar-refractivity contribution in [3.05, 3.63) is 28.6 Å². The first kappa shape index (κ1) is 10.7. The quantitative estimate of drug-likeness (QED) is 0.849. The summed E-state index contributed by atoms with van der Waals surface area (Å²) in [4.78, 5) is 15.0. The molecule has 0 aliphatic carbocycles. The maximum absolute atomic E-state index is 10.8. The van der Waals surface area contributed by atoms with Crippen LogP contribution in [0.2, 0.25) is 0 Å². The number of hydrogen-bond donors (Lipinski definition) is 0. The Morgan fingerprint density at radius 3 is 3.13 bits per heavy atom. The molecule has 0 radical (unpaired) electrons. The lowest BCUT2D eigenvalue weighted by Crippen LogP contribution is -1.84. The van der Waals surface area contributed by atoms with Crippen LogP contribution in [0, 0.1) is 0 Å². The van der Waals surface area contributed by atoms with E-state index in [9.17, 15) is 4.79 Å². The van der Waals surface area contributed by atoms with Crippen LogP contribution in [0.15, 0.2) is 27.1 Å². The Kier molecular flexibility index (Phi) is 3.11. The predicted molar refractivity (Wildman–Crippen MR) is 63.7 cm³/mol. The summed E-state index contributed by atoms with van der Waals surface area (Å²) in [5.74, 6) is 1.07. The maximum atomic E-state index is 10.8. The lowest BCUT2D eigenvalue weighted by Gasteiger charge is -1.89. The minimum Gasteiger partial charge on any atom is -0.440 e. The van der Waals surface area contributed by atoms with Gasteiger partial charge in [0.15, 0.2) is 10.7 Å². The van der Waals surface area contributed by atoms with Crippen molar-refractivity contribution in [1.29, 1.82) is 0 Å². The Hall–Kier alpha value is -0.810. The lowest BCUT2D eigenvalue weighted by atomic mass is 10.3. The first-order valence-electron chi connectivity index (χ1n) is 4.33. The van der Waals surface area contributed by atoms with Gasteiger partial charge in [0.1, 0.15) is 5.52 Å². The summed E-state index contributed by atoms with van der Waals surface area (Å²) < 4.78 is 6.44. The van der Waals surface area contributed by atoms with E-state index in [0.29, 0.717) is 11.6 Å². The Balaban J connectivity index is 2.27. The average Bonchev–Trinajstić information content (AvgIpc) is 2.56. The third kappa shape index (κ3) is 2.60. The number of benzene rings is 1. The minimum atomic E-state index is 0.0680. The van der Waals surface area contributed by atoms with Gasteiger partial charge in [0.05, 0.1) is 5.75 Å². The van der Waals surface area contributed by atoms with E-state index in [1.54, 1.807) is 0 Å². The number of carbonyl (C=O) groups is 1. The monoisotopic (exact) mass is 285 g/mol. The lowest BCUT2D eigenvalue weighted by molar-refractivity contribution is -0.109. The van der Waals surface area contributed by atoms with Crippen molar-refractivity contribution in [3.8, 4) is 0 Å². The van der Waals surface area contributed by atoms with Gasteiger partial charge in [-0.15, -0.1) is 0 Å². The third-order valence-corrected chi connectivity index (χ3v) is 3.08.